The van der Waals surface area contributed by atoms with Gasteiger partial charge < -0.3 is 14.9 Å². The lowest BCUT2D eigenvalue weighted by atomic mass is 9.83. The van der Waals surface area contributed by atoms with E-state index in [1.807, 2.05) is 13.0 Å². The number of aryl methyl sites for hydroxylation is 2. The fourth-order valence-electron chi connectivity index (χ4n) is 3.60. The Morgan fingerprint density at radius 3 is 2.80 bits per heavy atom. The Morgan fingerprint density at radius 2 is 2.17 bits per heavy atom. The highest BCUT2D eigenvalue weighted by Crippen LogP contribution is 2.37. The van der Waals surface area contributed by atoms with E-state index in [0.29, 0.717) is 38.4 Å². The Balaban J connectivity index is 1.89. The molecule has 8 heteroatoms. The molecule has 162 valence electrons. The third-order valence-electron chi connectivity index (χ3n) is 5.27. The number of hydrogen-bond acceptors (Lipinski definition) is 5. The lowest BCUT2D eigenvalue weighted by Gasteiger charge is -2.21. The maximum absolute atomic E-state index is 12.3. The van der Waals surface area contributed by atoms with Crippen LogP contribution in [0.25, 0.3) is 0 Å². The lowest BCUT2D eigenvalue weighted by molar-refractivity contribution is -0.137. The van der Waals surface area contributed by atoms with Gasteiger partial charge in [-0.05, 0) is 72.7 Å². The van der Waals surface area contributed by atoms with Gasteiger partial charge in [0.25, 0.3) is 0 Å². The molecule has 1 aliphatic carbocycles. The maximum Gasteiger partial charge on any atom is 0.303 e. The van der Waals surface area contributed by atoms with Crippen molar-refractivity contribution in [3.05, 3.63) is 44.8 Å². The first kappa shape index (κ1) is 24.9. The number of thiophene rings is 1. The molecule has 0 aromatic carbocycles. The number of halogens is 1. The zero-order valence-corrected chi connectivity index (χ0v) is 19.5. The first-order valence-corrected chi connectivity index (χ1v) is 11.8. The SMILES string of the molecule is [B]C[C@@H]1CC(O)[C@H](O/C=C\CCCC(=O)O)[C@H]1/C=C/C(=O)CCc1cc(Br)c(C)s1. The number of rotatable bonds is 12. The second kappa shape index (κ2) is 12.5. The average Bonchev–Trinajstić information content (AvgIpc) is 3.19. The van der Waals surface area contributed by atoms with Crippen LogP contribution in [0.15, 0.2) is 35.0 Å². The van der Waals surface area contributed by atoms with Gasteiger partial charge in [-0.25, -0.2) is 0 Å². The largest absolute Gasteiger partial charge is 0.495 e. The van der Waals surface area contributed by atoms with Crippen molar-refractivity contribution >= 4 is 46.9 Å². The molecule has 1 aromatic rings. The Labute approximate surface area is 191 Å². The van der Waals surface area contributed by atoms with Crippen molar-refractivity contribution in [3.8, 4) is 0 Å². The van der Waals surface area contributed by atoms with E-state index < -0.39 is 18.2 Å². The van der Waals surface area contributed by atoms with Crippen LogP contribution in [-0.2, 0) is 20.7 Å². The van der Waals surface area contributed by atoms with Crippen molar-refractivity contribution < 1.29 is 24.5 Å². The zero-order chi connectivity index (χ0) is 22.1. The first-order valence-electron chi connectivity index (χ1n) is 10.2. The van der Waals surface area contributed by atoms with Gasteiger partial charge in [0, 0.05) is 33.0 Å². The van der Waals surface area contributed by atoms with Crippen molar-refractivity contribution in [2.24, 2.45) is 11.8 Å². The molecule has 2 N–H and O–H groups in total. The van der Waals surface area contributed by atoms with Gasteiger partial charge >= 0.3 is 5.97 Å². The molecular weight excluding hydrogens is 467 g/mol. The number of aliphatic carboxylic acids is 1. The van der Waals surface area contributed by atoms with Gasteiger partial charge in [0.2, 0.25) is 0 Å². The minimum Gasteiger partial charge on any atom is -0.495 e. The molecule has 1 heterocycles. The quantitative estimate of drug-likeness (QED) is 0.192. The van der Waals surface area contributed by atoms with Crippen molar-refractivity contribution in [1.29, 1.82) is 0 Å². The van der Waals surface area contributed by atoms with E-state index in [4.69, 9.17) is 17.7 Å². The van der Waals surface area contributed by atoms with E-state index in [2.05, 4.69) is 22.0 Å². The molecule has 1 fully saturated rings. The van der Waals surface area contributed by atoms with Crippen LogP contribution in [0.5, 0.6) is 0 Å². The summed E-state index contributed by atoms with van der Waals surface area (Å²) in [4.78, 5) is 25.3. The number of aliphatic hydroxyl groups excluding tert-OH is 1. The maximum atomic E-state index is 12.3. The van der Waals surface area contributed by atoms with E-state index in [0.717, 1.165) is 4.47 Å². The van der Waals surface area contributed by atoms with Crippen molar-refractivity contribution in [2.45, 2.75) is 64.0 Å². The van der Waals surface area contributed by atoms with Gasteiger partial charge in [0.05, 0.1) is 20.2 Å². The Kier molecular flexibility index (Phi) is 10.3. The minimum absolute atomic E-state index is 0.0392. The smallest absolute Gasteiger partial charge is 0.303 e. The molecule has 5 nitrogen and oxygen atoms in total. The Hall–Kier alpha value is -1.38. The second-order valence-electron chi connectivity index (χ2n) is 7.58. The number of allylic oxidation sites excluding steroid dienone is 2. The van der Waals surface area contributed by atoms with Crippen LogP contribution in [0, 0.1) is 18.8 Å². The molecule has 1 unspecified atom stereocenters. The van der Waals surface area contributed by atoms with Crippen molar-refractivity contribution in [2.75, 3.05) is 0 Å². The van der Waals surface area contributed by atoms with Crippen LogP contribution in [0.2, 0.25) is 6.32 Å². The molecule has 0 spiro atoms. The van der Waals surface area contributed by atoms with Gasteiger partial charge in [-0.15, -0.1) is 11.3 Å². The first-order chi connectivity index (χ1) is 14.3. The van der Waals surface area contributed by atoms with Crippen LogP contribution in [0.1, 0.15) is 41.9 Å². The number of ketones is 1. The molecule has 0 saturated heterocycles. The fourth-order valence-corrected chi connectivity index (χ4v) is 5.20. The normalized spacial score (nSPS) is 24.1. The third kappa shape index (κ3) is 7.71. The number of hydrogen-bond donors (Lipinski definition) is 2. The Morgan fingerprint density at radius 1 is 1.40 bits per heavy atom. The van der Waals surface area contributed by atoms with Crippen LogP contribution < -0.4 is 0 Å². The highest BCUT2D eigenvalue weighted by molar-refractivity contribution is 9.10. The molecule has 2 rings (SSSR count). The lowest BCUT2D eigenvalue weighted by Crippen LogP contribution is -2.27. The molecule has 1 aromatic heterocycles. The number of aliphatic hydroxyl groups is 1. The van der Waals surface area contributed by atoms with Crippen LogP contribution >= 0.6 is 27.3 Å². The molecule has 2 radical (unpaired) electrons. The van der Waals surface area contributed by atoms with Gasteiger partial charge in [-0.3, -0.25) is 9.59 Å². The Bertz CT molecular complexity index is 756. The third-order valence-corrected chi connectivity index (χ3v) is 7.47. The van der Waals surface area contributed by atoms with E-state index in [1.54, 1.807) is 23.5 Å². The number of carbonyl (C=O) groups is 2. The summed E-state index contributed by atoms with van der Waals surface area (Å²) in [6.07, 6.45) is 8.89. The van der Waals surface area contributed by atoms with Crippen LogP contribution in [0.3, 0.4) is 0 Å². The number of unbranched alkanes of at least 4 members (excludes halogenated alkanes) is 1. The summed E-state index contributed by atoms with van der Waals surface area (Å²) in [6, 6.07) is 2.06. The summed E-state index contributed by atoms with van der Waals surface area (Å²) in [5, 5.41) is 19.0. The summed E-state index contributed by atoms with van der Waals surface area (Å²) < 4.78 is 6.82. The van der Waals surface area contributed by atoms with Crippen LogP contribution in [0.4, 0.5) is 0 Å². The van der Waals surface area contributed by atoms with Crippen molar-refractivity contribution in [1.82, 2.24) is 0 Å². The van der Waals surface area contributed by atoms with Gasteiger partial charge in [-0.1, -0.05) is 12.4 Å². The standard InChI is InChI=1S/C22H28BBrO5S/c1-14-19(24)12-17(30-14)8-6-16(25)7-9-18-15(13-23)11-20(26)22(18)29-10-4-2-3-5-21(27)28/h4,7,9-10,12,15,18,20,22,26H,2-3,5-6,8,11,13H2,1H3,(H,27,28)/b9-7+,10-4-/t15-,18-,20?,22+/m0/s1. The second-order valence-corrected chi connectivity index (χ2v) is 9.77. The van der Waals surface area contributed by atoms with E-state index >= 15 is 0 Å². The molecule has 4 atom stereocenters. The topological polar surface area (TPSA) is 83.8 Å². The predicted octanol–water partition coefficient (Wildman–Crippen LogP) is 4.61. The molecule has 0 bridgehead atoms. The summed E-state index contributed by atoms with van der Waals surface area (Å²) in [5.74, 6) is -0.878. The average molecular weight is 495 g/mol. The van der Waals surface area contributed by atoms with Gasteiger partial charge in [-0.2, -0.15) is 0 Å². The summed E-state index contributed by atoms with van der Waals surface area (Å²) >= 11 is 5.18. The summed E-state index contributed by atoms with van der Waals surface area (Å²) in [7, 11) is 5.87. The molecule has 1 saturated carbocycles. The molecule has 1 aliphatic rings. The number of carbonyl (C=O) groups excluding carboxylic acids is 1. The number of carboxylic acids is 1. The zero-order valence-electron chi connectivity index (χ0n) is 17.1. The van der Waals surface area contributed by atoms with E-state index in [9.17, 15) is 14.7 Å². The molecule has 30 heavy (non-hydrogen) atoms. The van der Waals surface area contributed by atoms with Gasteiger partial charge in [0.15, 0.2) is 5.78 Å². The fraction of sp³-hybridized carbons (Fsp3) is 0.545. The summed E-state index contributed by atoms with van der Waals surface area (Å²) in [5.41, 5.74) is 0. The molecule has 0 aliphatic heterocycles. The van der Waals surface area contributed by atoms with E-state index in [1.165, 1.54) is 16.0 Å². The number of carboxylic acid groups (broad SMARTS) is 1. The highest BCUT2D eigenvalue weighted by atomic mass is 79.9. The molecule has 0 amide bonds. The minimum atomic E-state index is -0.821. The van der Waals surface area contributed by atoms with Gasteiger partial charge in [0.1, 0.15) is 6.10 Å². The molecular formula is C22H28BBrO5S. The highest BCUT2D eigenvalue weighted by Gasteiger charge is 2.41. The van der Waals surface area contributed by atoms with Crippen LogP contribution in [-0.4, -0.2) is 42.0 Å². The summed E-state index contributed by atoms with van der Waals surface area (Å²) in [6.45, 7) is 2.04. The number of ether oxygens (including phenoxy) is 1. The van der Waals surface area contributed by atoms with E-state index in [-0.39, 0.29) is 24.0 Å². The predicted molar refractivity (Wildman–Crippen MR) is 123 cm³/mol. The van der Waals surface area contributed by atoms with Crippen molar-refractivity contribution in [3.63, 3.8) is 0 Å². The monoisotopic (exact) mass is 494 g/mol.